The Labute approximate surface area is 144 Å². The molecule has 0 radical (unpaired) electrons. The first-order valence-corrected chi connectivity index (χ1v) is 9.30. The van der Waals surface area contributed by atoms with Gasteiger partial charge in [-0.2, -0.15) is 0 Å². The zero-order valence-corrected chi connectivity index (χ0v) is 16.7. The van der Waals surface area contributed by atoms with Gasteiger partial charge in [0.2, 0.25) is 0 Å². The Hall–Kier alpha value is -0.980. The van der Waals surface area contributed by atoms with Crippen molar-refractivity contribution in [1.29, 1.82) is 0 Å². The molecule has 0 spiro atoms. The molecule has 0 amide bonds. The molecule has 23 heavy (non-hydrogen) atoms. The van der Waals surface area contributed by atoms with Crippen LogP contribution in [-0.4, -0.2) is 5.11 Å². The van der Waals surface area contributed by atoms with Crippen molar-refractivity contribution in [2.24, 2.45) is 22.7 Å². The van der Waals surface area contributed by atoms with Crippen LogP contribution in [0.1, 0.15) is 79.4 Å². The lowest BCUT2D eigenvalue weighted by molar-refractivity contribution is 0.226. The molecule has 1 rings (SSSR count). The highest BCUT2D eigenvalue weighted by atomic mass is 16.3. The first kappa shape index (κ1) is 20.1. The number of phenolic OH excluding ortho intramolecular Hbond substituents is 1. The van der Waals surface area contributed by atoms with Gasteiger partial charge in [0.25, 0.3) is 0 Å². The molecule has 0 aromatic heterocycles. The molecular weight excluding hydrogens is 280 g/mol. The molecule has 0 aliphatic rings. The fourth-order valence-electron chi connectivity index (χ4n) is 3.63. The highest BCUT2D eigenvalue weighted by molar-refractivity contribution is 5.41. The molecular formula is C22H38O. The van der Waals surface area contributed by atoms with Gasteiger partial charge in [-0.3, -0.25) is 0 Å². The van der Waals surface area contributed by atoms with E-state index in [1.165, 1.54) is 0 Å². The van der Waals surface area contributed by atoms with E-state index in [4.69, 9.17) is 0 Å². The SMILES string of the molecule is CCC(Cc1cccc(CC(CC)C(C)(C)C)c1O)C(C)(C)C. The van der Waals surface area contributed by atoms with E-state index in [1.54, 1.807) is 0 Å². The van der Waals surface area contributed by atoms with Crippen LogP contribution in [0.3, 0.4) is 0 Å². The Morgan fingerprint density at radius 2 is 1.13 bits per heavy atom. The van der Waals surface area contributed by atoms with Crippen molar-refractivity contribution in [3.8, 4) is 5.75 Å². The van der Waals surface area contributed by atoms with Crippen molar-refractivity contribution >= 4 is 0 Å². The van der Waals surface area contributed by atoms with Gasteiger partial charge in [-0.1, -0.05) is 86.4 Å². The summed E-state index contributed by atoms with van der Waals surface area (Å²) in [5.74, 6) is 1.72. The van der Waals surface area contributed by atoms with Crippen LogP contribution in [0, 0.1) is 22.7 Å². The number of rotatable bonds is 6. The maximum Gasteiger partial charge on any atom is 0.121 e. The van der Waals surface area contributed by atoms with Crippen LogP contribution in [0.2, 0.25) is 0 Å². The van der Waals surface area contributed by atoms with Gasteiger partial charge in [-0.15, -0.1) is 0 Å². The van der Waals surface area contributed by atoms with E-state index in [0.29, 0.717) is 17.6 Å². The van der Waals surface area contributed by atoms with E-state index in [0.717, 1.165) is 36.8 Å². The standard InChI is InChI=1S/C22H38O/c1-9-18(21(3,4)5)14-16-12-11-13-17(20(16)23)15-19(10-2)22(6,7)8/h11-13,18-19,23H,9-10,14-15H2,1-8H3. The summed E-state index contributed by atoms with van der Waals surface area (Å²) in [4.78, 5) is 0. The topological polar surface area (TPSA) is 20.2 Å². The zero-order chi connectivity index (χ0) is 17.8. The van der Waals surface area contributed by atoms with Gasteiger partial charge >= 0.3 is 0 Å². The van der Waals surface area contributed by atoms with Crippen molar-refractivity contribution in [2.45, 2.75) is 81.1 Å². The molecule has 1 nitrogen and oxygen atoms in total. The van der Waals surface area contributed by atoms with Gasteiger partial charge in [-0.25, -0.2) is 0 Å². The van der Waals surface area contributed by atoms with E-state index in [1.807, 2.05) is 0 Å². The smallest absolute Gasteiger partial charge is 0.121 e. The van der Waals surface area contributed by atoms with Crippen molar-refractivity contribution in [2.75, 3.05) is 0 Å². The number of hydrogen-bond donors (Lipinski definition) is 1. The lowest BCUT2D eigenvalue weighted by atomic mass is 9.74. The van der Waals surface area contributed by atoms with Gasteiger partial charge in [0, 0.05) is 0 Å². The first-order valence-electron chi connectivity index (χ1n) is 9.30. The molecule has 1 aromatic carbocycles. The van der Waals surface area contributed by atoms with Crippen LogP contribution in [0.25, 0.3) is 0 Å². The minimum absolute atomic E-state index is 0.272. The number of aromatic hydroxyl groups is 1. The quantitative estimate of drug-likeness (QED) is 0.624. The molecule has 132 valence electrons. The second-order valence-electron chi connectivity index (χ2n) is 9.28. The molecule has 2 atom stereocenters. The summed E-state index contributed by atoms with van der Waals surface area (Å²) in [5.41, 5.74) is 2.78. The predicted molar refractivity (Wildman–Crippen MR) is 102 cm³/mol. The second kappa shape index (κ2) is 7.73. The van der Waals surface area contributed by atoms with Gasteiger partial charge in [-0.05, 0) is 46.6 Å². The van der Waals surface area contributed by atoms with Crippen LogP contribution < -0.4 is 0 Å². The Kier molecular flexibility index (Phi) is 6.74. The molecule has 1 heteroatoms. The van der Waals surface area contributed by atoms with Gasteiger partial charge in [0.15, 0.2) is 0 Å². The van der Waals surface area contributed by atoms with Crippen LogP contribution in [0.15, 0.2) is 18.2 Å². The minimum atomic E-state index is 0.272. The minimum Gasteiger partial charge on any atom is -0.507 e. The van der Waals surface area contributed by atoms with E-state index in [-0.39, 0.29) is 10.8 Å². The Morgan fingerprint density at radius 3 is 1.39 bits per heavy atom. The summed E-state index contributed by atoms with van der Waals surface area (Å²) in [7, 11) is 0. The third-order valence-corrected chi connectivity index (χ3v) is 5.57. The first-order chi connectivity index (χ1) is 10.5. The molecule has 1 N–H and O–H groups in total. The fourth-order valence-corrected chi connectivity index (χ4v) is 3.63. The summed E-state index contributed by atoms with van der Waals surface area (Å²) >= 11 is 0. The highest BCUT2D eigenvalue weighted by Gasteiger charge is 2.26. The van der Waals surface area contributed by atoms with E-state index >= 15 is 0 Å². The summed E-state index contributed by atoms with van der Waals surface area (Å²) in [6, 6.07) is 6.33. The van der Waals surface area contributed by atoms with Gasteiger partial charge < -0.3 is 5.11 Å². The molecule has 0 heterocycles. The van der Waals surface area contributed by atoms with Gasteiger partial charge in [0.05, 0.1) is 0 Å². The largest absolute Gasteiger partial charge is 0.507 e. The zero-order valence-electron chi connectivity index (χ0n) is 16.7. The molecule has 0 fully saturated rings. The third kappa shape index (κ3) is 5.55. The molecule has 0 saturated heterocycles. The van der Waals surface area contributed by atoms with Crippen LogP contribution in [-0.2, 0) is 12.8 Å². The molecule has 0 bridgehead atoms. The highest BCUT2D eigenvalue weighted by Crippen LogP contribution is 2.37. The fraction of sp³-hybridized carbons (Fsp3) is 0.727. The maximum atomic E-state index is 10.8. The van der Waals surface area contributed by atoms with Crippen molar-refractivity contribution in [3.05, 3.63) is 29.3 Å². The maximum absolute atomic E-state index is 10.8. The monoisotopic (exact) mass is 318 g/mol. The molecule has 1 aromatic rings. The molecule has 0 saturated carbocycles. The van der Waals surface area contributed by atoms with Crippen molar-refractivity contribution in [3.63, 3.8) is 0 Å². The normalized spacial score (nSPS) is 15.5. The summed E-state index contributed by atoms with van der Waals surface area (Å²) in [6.45, 7) is 18.3. The molecule has 0 aliphatic heterocycles. The third-order valence-electron chi connectivity index (χ3n) is 5.57. The van der Waals surface area contributed by atoms with Crippen LogP contribution >= 0.6 is 0 Å². The van der Waals surface area contributed by atoms with Crippen LogP contribution in [0.5, 0.6) is 5.75 Å². The average molecular weight is 319 g/mol. The lowest BCUT2D eigenvalue weighted by Crippen LogP contribution is -2.23. The van der Waals surface area contributed by atoms with E-state index in [2.05, 4.69) is 73.6 Å². The molecule has 0 aliphatic carbocycles. The predicted octanol–water partition coefficient (Wildman–Crippen LogP) is 6.62. The average Bonchev–Trinajstić information content (AvgIpc) is 2.42. The molecule has 2 unspecified atom stereocenters. The number of para-hydroxylation sites is 1. The summed E-state index contributed by atoms with van der Waals surface area (Å²) in [6.07, 6.45) is 4.22. The Balaban J connectivity index is 3.03. The van der Waals surface area contributed by atoms with E-state index in [9.17, 15) is 5.11 Å². The van der Waals surface area contributed by atoms with Gasteiger partial charge in [0.1, 0.15) is 5.75 Å². The number of benzene rings is 1. The number of phenols is 1. The van der Waals surface area contributed by atoms with Crippen molar-refractivity contribution < 1.29 is 5.11 Å². The second-order valence-corrected chi connectivity index (χ2v) is 9.28. The van der Waals surface area contributed by atoms with Crippen LogP contribution in [0.4, 0.5) is 0 Å². The number of hydrogen-bond acceptors (Lipinski definition) is 1. The summed E-state index contributed by atoms with van der Waals surface area (Å²) < 4.78 is 0. The Morgan fingerprint density at radius 1 is 0.783 bits per heavy atom. The van der Waals surface area contributed by atoms with E-state index < -0.39 is 0 Å². The summed E-state index contributed by atoms with van der Waals surface area (Å²) in [5, 5.41) is 10.8. The Bertz CT molecular complexity index is 445. The lowest BCUT2D eigenvalue weighted by Gasteiger charge is -2.31. The van der Waals surface area contributed by atoms with Crippen molar-refractivity contribution in [1.82, 2.24) is 0 Å².